The molecule has 0 spiro atoms. The Morgan fingerprint density at radius 2 is 1.93 bits per heavy atom. The summed E-state index contributed by atoms with van der Waals surface area (Å²) in [5.41, 5.74) is 1.86. The molecule has 0 heterocycles. The van der Waals surface area contributed by atoms with Crippen molar-refractivity contribution in [2.75, 3.05) is 11.4 Å². The normalized spacial score (nSPS) is 10.5. The zero-order valence-corrected chi connectivity index (χ0v) is 9.95. The molecule has 0 saturated heterocycles. The van der Waals surface area contributed by atoms with E-state index >= 15 is 0 Å². The van der Waals surface area contributed by atoms with Gasteiger partial charge in [0, 0.05) is 23.8 Å². The van der Waals surface area contributed by atoms with Gasteiger partial charge in [0.2, 0.25) is 0 Å². The highest BCUT2D eigenvalue weighted by Crippen LogP contribution is 2.22. The molecule has 1 aromatic carbocycles. The Balaban J connectivity index is 3.16. The van der Waals surface area contributed by atoms with Crippen LogP contribution < -0.4 is 4.90 Å². The third kappa shape index (κ3) is 2.58. The average Bonchev–Trinajstić information content (AvgIpc) is 2.18. The lowest BCUT2D eigenvalue weighted by atomic mass is 10.1. The number of carbonyl (C=O) groups excluding carboxylic acids is 1. The minimum Gasteiger partial charge on any atom is -0.369 e. The maximum absolute atomic E-state index is 11.5. The Morgan fingerprint density at radius 3 is 2.40 bits per heavy atom. The Bertz CT molecular complexity index is 344. The summed E-state index contributed by atoms with van der Waals surface area (Å²) < 4.78 is 0. The zero-order valence-electron chi connectivity index (χ0n) is 9.95. The minimum absolute atomic E-state index is 0.129. The van der Waals surface area contributed by atoms with Gasteiger partial charge in [-0.25, -0.2) is 0 Å². The monoisotopic (exact) mass is 205 g/mol. The highest BCUT2D eigenvalue weighted by molar-refractivity contribution is 5.99. The summed E-state index contributed by atoms with van der Waals surface area (Å²) in [7, 11) is 0. The van der Waals surface area contributed by atoms with Crippen molar-refractivity contribution in [3.05, 3.63) is 29.8 Å². The SMILES string of the molecule is CCN(c1ccccc1C(C)=O)C(C)C. The predicted molar refractivity (Wildman–Crippen MR) is 64.6 cm³/mol. The number of hydrogen-bond donors (Lipinski definition) is 0. The smallest absolute Gasteiger partial charge is 0.161 e. The lowest BCUT2D eigenvalue weighted by Gasteiger charge is -2.29. The van der Waals surface area contributed by atoms with Gasteiger partial charge in [0.15, 0.2) is 5.78 Å². The molecule has 0 bridgehead atoms. The first-order valence-corrected chi connectivity index (χ1v) is 5.44. The molecule has 0 fully saturated rings. The van der Waals surface area contributed by atoms with E-state index in [-0.39, 0.29) is 5.78 Å². The molecule has 0 amide bonds. The summed E-state index contributed by atoms with van der Waals surface area (Å²) in [6.07, 6.45) is 0. The van der Waals surface area contributed by atoms with Crippen molar-refractivity contribution in [3.63, 3.8) is 0 Å². The molecule has 0 aromatic heterocycles. The molecule has 1 rings (SSSR count). The van der Waals surface area contributed by atoms with E-state index in [0.717, 1.165) is 17.8 Å². The van der Waals surface area contributed by atoms with Gasteiger partial charge in [-0.1, -0.05) is 12.1 Å². The lowest BCUT2D eigenvalue weighted by molar-refractivity contribution is 0.101. The van der Waals surface area contributed by atoms with E-state index in [2.05, 4.69) is 25.7 Å². The second-order valence-electron chi connectivity index (χ2n) is 3.95. The fourth-order valence-electron chi connectivity index (χ4n) is 1.84. The van der Waals surface area contributed by atoms with Crippen molar-refractivity contribution in [1.29, 1.82) is 0 Å². The first kappa shape index (κ1) is 11.8. The van der Waals surface area contributed by atoms with Gasteiger partial charge in [-0.05, 0) is 39.8 Å². The van der Waals surface area contributed by atoms with Crippen LogP contribution in [0, 0.1) is 0 Å². The van der Waals surface area contributed by atoms with Gasteiger partial charge < -0.3 is 4.90 Å². The maximum atomic E-state index is 11.5. The van der Waals surface area contributed by atoms with E-state index in [1.165, 1.54) is 0 Å². The molecular formula is C13H19NO. The van der Waals surface area contributed by atoms with Crippen molar-refractivity contribution < 1.29 is 4.79 Å². The molecule has 82 valence electrons. The van der Waals surface area contributed by atoms with Crippen LogP contribution in [0.1, 0.15) is 38.1 Å². The quantitative estimate of drug-likeness (QED) is 0.704. The molecule has 0 aliphatic rings. The molecular weight excluding hydrogens is 186 g/mol. The molecule has 0 aliphatic heterocycles. The Kier molecular flexibility index (Phi) is 3.89. The standard InChI is InChI=1S/C13H19NO/c1-5-14(10(2)3)13-9-7-6-8-12(13)11(4)15/h6-10H,5H2,1-4H3. The van der Waals surface area contributed by atoms with Crippen molar-refractivity contribution in [1.82, 2.24) is 0 Å². The van der Waals surface area contributed by atoms with Crippen molar-refractivity contribution >= 4 is 11.5 Å². The van der Waals surface area contributed by atoms with Gasteiger partial charge in [0.05, 0.1) is 0 Å². The first-order valence-electron chi connectivity index (χ1n) is 5.44. The number of carbonyl (C=O) groups is 1. The maximum Gasteiger partial charge on any atom is 0.161 e. The molecule has 0 unspecified atom stereocenters. The fraction of sp³-hybridized carbons (Fsp3) is 0.462. The van der Waals surface area contributed by atoms with Crippen LogP contribution in [-0.4, -0.2) is 18.4 Å². The number of nitrogens with zero attached hydrogens (tertiary/aromatic N) is 1. The van der Waals surface area contributed by atoms with Gasteiger partial charge in [0.1, 0.15) is 0 Å². The van der Waals surface area contributed by atoms with Crippen LogP contribution in [0.25, 0.3) is 0 Å². The summed E-state index contributed by atoms with van der Waals surface area (Å²) in [6, 6.07) is 8.21. The van der Waals surface area contributed by atoms with E-state index in [4.69, 9.17) is 0 Å². The number of benzene rings is 1. The van der Waals surface area contributed by atoms with Crippen LogP contribution in [-0.2, 0) is 0 Å². The fourth-order valence-corrected chi connectivity index (χ4v) is 1.84. The molecule has 0 atom stereocenters. The molecule has 0 aliphatic carbocycles. The van der Waals surface area contributed by atoms with Gasteiger partial charge in [0.25, 0.3) is 0 Å². The van der Waals surface area contributed by atoms with Crippen LogP contribution in [0.2, 0.25) is 0 Å². The van der Waals surface area contributed by atoms with Gasteiger partial charge in [-0.15, -0.1) is 0 Å². The predicted octanol–water partition coefficient (Wildman–Crippen LogP) is 3.12. The Labute approximate surface area is 91.9 Å². The Morgan fingerprint density at radius 1 is 1.33 bits per heavy atom. The number of para-hydroxylation sites is 1. The van der Waals surface area contributed by atoms with Gasteiger partial charge >= 0.3 is 0 Å². The number of ketones is 1. The highest BCUT2D eigenvalue weighted by Gasteiger charge is 2.14. The van der Waals surface area contributed by atoms with Gasteiger partial charge in [-0.3, -0.25) is 4.79 Å². The molecule has 0 radical (unpaired) electrons. The highest BCUT2D eigenvalue weighted by atomic mass is 16.1. The Hall–Kier alpha value is -1.31. The van der Waals surface area contributed by atoms with E-state index in [0.29, 0.717) is 6.04 Å². The lowest BCUT2D eigenvalue weighted by Crippen LogP contribution is -2.31. The van der Waals surface area contributed by atoms with E-state index in [1.807, 2.05) is 24.3 Å². The second-order valence-corrected chi connectivity index (χ2v) is 3.95. The summed E-state index contributed by atoms with van der Waals surface area (Å²) in [5, 5.41) is 0. The minimum atomic E-state index is 0.129. The topological polar surface area (TPSA) is 20.3 Å². The molecule has 2 heteroatoms. The third-order valence-corrected chi connectivity index (χ3v) is 2.56. The number of anilines is 1. The van der Waals surface area contributed by atoms with Crippen molar-refractivity contribution in [2.24, 2.45) is 0 Å². The average molecular weight is 205 g/mol. The largest absolute Gasteiger partial charge is 0.369 e. The molecule has 0 N–H and O–H groups in total. The first-order chi connectivity index (χ1) is 7.07. The molecule has 2 nitrogen and oxygen atoms in total. The van der Waals surface area contributed by atoms with E-state index < -0.39 is 0 Å². The third-order valence-electron chi connectivity index (χ3n) is 2.56. The van der Waals surface area contributed by atoms with Crippen LogP contribution in [0.4, 0.5) is 5.69 Å². The van der Waals surface area contributed by atoms with Crippen LogP contribution in [0.5, 0.6) is 0 Å². The molecule has 1 aromatic rings. The van der Waals surface area contributed by atoms with Crippen LogP contribution >= 0.6 is 0 Å². The zero-order chi connectivity index (χ0) is 11.4. The molecule has 0 saturated carbocycles. The van der Waals surface area contributed by atoms with Crippen LogP contribution in [0.15, 0.2) is 24.3 Å². The number of rotatable bonds is 4. The van der Waals surface area contributed by atoms with Crippen molar-refractivity contribution in [2.45, 2.75) is 33.7 Å². The number of Topliss-reactive ketones (excluding diaryl/α,β-unsaturated/α-hetero) is 1. The summed E-state index contributed by atoms with van der Waals surface area (Å²) >= 11 is 0. The van der Waals surface area contributed by atoms with E-state index in [9.17, 15) is 4.79 Å². The van der Waals surface area contributed by atoms with Crippen LogP contribution in [0.3, 0.4) is 0 Å². The van der Waals surface area contributed by atoms with E-state index in [1.54, 1.807) is 6.92 Å². The van der Waals surface area contributed by atoms with Gasteiger partial charge in [-0.2, -0.15) is 0 Å². The summed E-state index contributed by atoms with van der Waals surface area (Å²) in [4.78, 5) is 13.7. The number of hydrogen-bond acceptors (Lipinski definition) is 2. The molecule has 15 heavy (non-hydrogen) atoms. The summed E-state index contributed by atoms with van der Waals surface area (Å²) in [5.74, 6) is 0.129. The van der Waals surface area contributed by atoms with Crippen molar-refractivity contribution in [3.8, 4) is 0 Å². The summed E-state index contributed by atoms with van der Waals surface area (Å²) in [6.45, 7) is 8.92. The second kappa shape index (κ2) is 4.96.